The Balaban J connectivity index is 3.35. The quantitative estimate of drug-likeness (QED) is 0.655. The molecule has 1 heterocycles. The van der Waals surface area contributed by atoms with Gasteiger partial charge in [0.15, 0.2) is 5.03 Å². The van der Waals surface area contributed by atoms with Gasteiger partial charge in [-0.05, 0) is 6.07 Å². The van der Waals surface area contributed by atoms with E-state index in [4.69, 9.17) is 10.7 Å². The number of nitrogens with zero attached hydrogens (tertiary/aromatic N) is 2. The van der Waals surface area contributed by atoms with E-state index in [1.165, 1.54) is 18.5 Å². The topological polar surface area (TPSA) is 52.0 Å². The second kappa shape index (κ2) is 2.67. The second-order valence-corrected chi connectivity index (χ2v) is 4.25. The van der Waals surface area contributed by atoms with Gasteiger partial charge >= 0.3 is 0 Å². The van der Waals surface area contributed by atoms with Crippen LogP contribution in [0.15, 0.2) is 23.9 Å². The normalized spacial score (nSPS) is 11.4. The maximum absolute atomic E-state index is 10.7. The summed E-state index contributed by atoms with van der Waals surface area (Å²) in [6.07, 6.45) is 2.59. The highest BCUT2D eigenvalue weighted by molar-refractivity contribution is 8.13. The van der Waals surface area contributed by atoms with E-state index in [0.717, 1.165) is 4.68 Å². The van der Waals surface area contributed by atoms with Gasteiger partial charge < -0.3 is 0 Å². The van der Waals surface area contributed by atoms with Crippen LogP contribution in [0, 0.1) is 0 Å². The molecule has 0 aromatic carbocycles. The molecule has 0 unspecified atom stereocenters. The average molecular weight is 193 g/mol. The summed E-state index contributed by atoms with van der Waals surface area (Å²) in [6, 6.07) is 1.30. The molecular formula is C5H5ClN2O2S. The van der Waals surface area contributed by atoms with Crippen molar-refractivity contribution in [1.29, 1.82) is 0 Å². The first-order valence-electron chi connectivity index (χ1n) is 2.66. The molecule has 0 atom stereocenters. The van der Waals surface area contributed by atoms with Gasteiger partial charge in [0.05, 0.1) is 6.20 Å². The molecule has 60 valence electrons. The minimum Gasteiger partial charge on any atom is -0.229 e. The SMILES string of the molecule is C=Cn1nccc1S(=O)(=O)Cl. The third kappa shape index (κ3) is 1.61. The molecule has 1 rings (SSSR count). The van der Waals surface area contributed by atoms with Gasteiger partial charge in [0.1, 0.15) is 0 Å². The maximum Gasteiger partial charge on any atom is 0.278 e. The fourth-order valence-corrected chi connectivity index (χ4v) is 1.57. The molecule has 11 heavy (non-hydrogen) atoms. The van der Waals surface area contributed by atoms with Gasteiger partial charge in [0.25, 0.3) is 9.05 Å². The van der Waals surface area contributed by atoms with Gasteiger partial charge in [-0.15, -0.1) is 0 Å². The van der Waals surface area contributed by atoms with Crippen molar-refractivity contribution in [3.63, 3.8) is 0 Å². The molecular weight excluding hydrogens is 188 g/mol. The highest BCUT2D eigenvalue weighted by Crippen LogP contribution is 2.13. The molecule has 0 amide bonds. The Morgan fingerprint density at radius 2 is 2.36 bits per heavy atom. The number of aromatic nitrogens is 2. The van der Waals surface area contributed by atoms with Crippen molar-refractivity contribution in [2.45, 2.75) is 5.03 Å². The van der Waals surface area contributed by atoms with E-state index >= 15 is 0 Å². The standard InChI is InChI=1S/C5H5ClN2O2S/c1-2-8-5(3-4-7-8)11(6,9)10/h2-4H,1H2. The minimum absolute atomic E-state index is 0.0748. The number of hydrogen-bond acceptors (Lipinski definition) is 3. The van der Waals surface area contributed by atoms with Gasteiger partial charge in [-0.1, -0.05) is 6.58 Å². The summed E-state index contributed by atoms with van der Waals surface area (Å²) in [5, 5.41) is 3.56. The van der Waals surface area contributed by atoms with Crippen LogP contribution in [0.3, 0.4) is 0 Å². The van der Waals surface area contributed by atoms with Gasteiger partial charge in [-0.25, -0.2) is 13.1 Å². The summed E-state index contributed by atoms with van der Waals surface area (Å²) in [6.45, 7) is 3.35. The highest BCUT2D eigenvalue weighted by atomic mass is 35.7. The molecule has 0 fully saturated rings. The summed E-state index contributed by atoms with van der Waals surface area (Å²) < 4.78 is 22.5. The molecule has 6 heteroatoms. The molecule has 0 aliphatic heterocycles. The lowest BCUT2D eigenvalue weighted by molar-refractivity contribution is 0.602. The third-order valence-corrected chi connectivity index (χ3v) is 2.35. The van der Waals surface area contributed by atoms with Gasteiger partial charge in [0, 0.05) is 16.9 Å². The van der Waals surface area contributed by atoms with E-state index in [2.05, 4.69) is 11.7 Å². The van der Waals surface area contributed by atoms with Crippen LogP contribution in [-0.2, 0) is 9.05 Å². The fourth-order valence-electron chi connectivity index (χ4n) is 0.632. The van der Waals surface area contributed by atoms with Crippen LogP contribution in [0.5, 0.6) is 0 Å². The van der Waals surface area contributed by atoms with E-state index in [1.54, 1.807) is 0 Å². The van der Waals surface area contributed by atoms with E-state index in [1.807, 2.05) is 0 Å². The maximum atomic E-state index is 10.7. The first-order valence-corrected chi connectivity index (χ1v) is 4.97. The van der Waals surface area contributed by atoms with Gasteiger partial charge in [-0.3, -0.25) is 0 Å². The molecule has 0 N–H and O–H groups in total. The molecule has 0 aliphatic rings. The largest absolute Gasteiger partial charge is 0.278 e. The Morgan fingerprint density at radius 1 is 1.73 bits per heavy atom. The van der Waals surface area contributed by atoms with E-state index in [-0.39, 0.29) is 5.03 Å². The zero-order valence-electron chi connectivity index (χ0n) is 5.44. The Bertz CT molecular complexity index is 368. The predicted molar refractivity (Wildman–Crippen MR) is 41.7 cm³/mol. The van der Waals surface area contributed by atoms with Crippen LogP contribution < -0.4 is 0 Å². The zero-order valence-corrected chi connectivity index (χ0v) is 7.01. The third-order valence-electron chi connectivity index (χ3n) is 1.06. The lowest BCUT2D eigenvalue weighted by Crippen LogP contribution is -1.99. The lowest BCUT2D eigenvalue weighted by Gasteiger charge is -1.94. The molecule has 1 aromatic rings. The van der Waals surface area contributed by atoms with Crippen LogP contribution in [-0.4, -0.2) is 18.2 Å². The van der Waals surface area contributed by atoms with Crippen molar-refractivity contribution in [2.75, 3.05) is 0 Å². The van der Waals surface area contributed by atoms with E-state index in [9.17, 15) is 8.42 Å². The van der Waals surface area contributed by atoms with Crippen molar-refractivity contribution in [1.82, 2.24) is 9.78 Å². The Morgan fingerprint density at radius 3 is 2.73 bits per heavy atom. The molecule has 4 nitrogen and oxygen atoms in total. The minimum atomic E-state index is -3.70. The Kier molecular flexibility index (Phi) is 2.01. The van der Waals surface area contributed by atoms with Gasteiger partial charge in [0.2, 0.25) is 0 Å². The predicted octanol–water partition coefficient (Wildman–Crippen LogP) is 0.911. The van der Waals surface area contributed by atoms with E-state index < -0.39 is 9.05 Å². The van der Waals surface area contributed by atoms with Crippen molar-refractivity contribution in [3.8, 4) is 0 Å². The van der Waals surface area contributed by atoms with Crippen LogP contribution >= 0.6 is 10.7 Å². The lowest BCUT2D eigenvalue weighted by atomic mass is 10.7. The molecule has 0 saturated carbocycles. The van der Waals surface area contributed by atoms with Crippen molar-refractivity contribution in [2.24, 2.45) is 0 Å². The van der Waals surface area contributed by atoms with Crippen molar-refractivity contribution in [3.05, 3.63) is 18.8 Å². The summed E-state index contributed by atoms with van der Waals surface area (Å²) in [5.41, 5.74) is 0. The fraction of sp³-hybridized carbons (Fsp3) is 0. The summed E-state index contributed by atoms with van der Waals surface area (Å²) >= 11 is 0. The number of rotatable bonds is 2. The highest BCUT2D eigenvalue weighted by Gasteiger charge is 2.13. The molecule has 0 radical (unpaired) electrons. The first kappa shape index (κ1) is 8.29. The van der Waals surface area contributed by atoms with Crippen molar-refractivity contribution < 1.29 is 8.42 Å². The monoisotopic (exact) mass is 192 g/mol. The second-order valence-electron chi connectivity index (χ2n) is 1.73. The molecule has 0 aliphatic carbocycles. The molecule has 0 bridgehead atoms. The van der Waals surface area contributed by atoms with Crippen LogP contribution in [0.2, 0.25) is 0 Å². The first-order chi connectivity index (χ1) is 5.05. The van der Waals surface area contributed by atoms with Crippen LogP contribution in [0.1, 0.15) is 0 Å². The number of halogens is 1. The molecule has 0 saturated heterocycles. The van der Waals surface area contributed by atoms with Crippen LogP contribution in [0.4, 0.5) is 0 Å². The summed E-state index contributed by atoms with van der Waals surface area (Å²) in [7, 11) is 1.35. The summed E-state index contributed by atoms with van der Waals surface area (Å²) in [4.78, 5) is 0. The molecule has 1 aromatic heterocycles. The Hall–Kier alpha value is -0.810. The van der Waals surface area contributed by atoms with Crippen molar-refractivity contribution >= 4 is 25.9 Å². The Labute approximate surface area is 68.5 Å². The van der Waals surface area contributed by atoms with E-state index in [0.29, 0.717) is 0 Å². The molecule has 0 spiro atoms. The smallest absolute Gasteiger partial charge is 0.229 e. The van der Waals surface area contributed by atoms with Gasteiger partial charge in [-0.2, -0.15) is 5.10 Å². The van der Waals surface area contributed by atoms with Crippen LogP contribution in [0.25, 0.3) is 6.20 Å². The zero-order chi connectivity index (χ0) is 8.48. The summed E-state index contributed by atoms with van der Waals surface area (Å²) in [5.74, 6) is 0. The average Bonchev–Trinajstić information content (AvgIpc) is 2.31. The number of hydrogen-bond donors (Lipinski definition) is 0.